The Morgan fingerprint density at radius 1 is 1.22 bits per heavy atom. The highest BCUT2D eigenvalue weighted by atomic mass is 16.5. The highest BCUT2D eigenvalue weighted by molar-refractivity contribution is 5.64. The fraction of sp³-hybridized carbons (Fsp3) is 0.286. The number of ether oxygens (including phenoxy) is 1. The molecule has 0 unspecified atom stereocenters. The molecule has 4 heteroatoms. The maximum absolute atomic E-state index is 5.37. The third-order valence-corrected chi connectivity index (χ3v) is 2.68. The molecule has 0 saturated carbocycles. The molecule has 2 aromatic rings. The van der Waals surface area contributed by atoms with Gasteiger partial charge in [0, 0.05) is 24.5 Å². The second-order valence-electron chi connectivity index (χ2n) is 4.15. The molecule has 94 valence electrons. The standard InChI is InChI=1S/C14H17N3O/c1-10-4-5-12(13(6-10)18-3)14-16-8-11(7-15-2)9-17-14/h4-6,8-9,15H,7H2,1-3H3. The van der Waals surface area contributed by atoms with Crippen molar-refractivity contribution in [2.45, 2.75) is 13.5 Å². The summed E-state index contributed by atoms with van der Waals surface area (Å²) in [6.07, 6.45) is 3.66. The van der Waals surface area contributed by atoms with Crippen molar-refractivity contribution in [1.82, 2.24) is 15.3 Å². The number of nitrogens with one attached hydrogen (secondary N) is 1. The van der Waals surface area contributed by atoms with Crippen LogP contribution < -0.4 is 10.1 Å². The molecule has 1 aromatic carbocycles. The summed E-state index contributed by atoms with van der Waals surface area (Å²) in [5.41, 5.74) is 3.13. The molecule has 0 aliphatic carbocycles. The summed E-state index contributed by atoms with van der Waals surface area (Å²) < 4.78 is 5.37. The monoisotopic (exact) mass is 243 g/mol. The van der Waals surface area contributed by atoms with Gasteiger partial charge in [0.2, 0.25) is 0 Å². The smallest absolute Gasteiger partial charge is 0.162 e. The molecule has 0 radical (unpaired) electrons. The molecule has 1 heterocycles. The highest BCUT2D eigenvalue weighted by Gasteiger charge is 2.08. The van der Waals surface area contributed by atoms with Crippen LogP contribution in [0, 0.1) is 6.92 Å². The zero-order valence-electron chi connectivity index (χ0n) is 10.9. The van der Waals surface area contributed by atoms with E-state index in [0.717, 1.165) is 29.0 Å². The Bertz CT molecular complexity index is 523. The first kappa shape index (κ1) is 12.5. The van der Waals surface area contributed by atoms with Crippen molar-refractivity contribution in [3.8, 4) is 17.1 Å². The van der Waals surface area contributed by atoms with Gasteiger partial charge in [-0.1, -0.05) is 6.07 Å². The lowest BCUT2D eigenvalue weighted by Crippen LogP contribution is -2.06. The van der Waals surface area contributed by atoms with Crippen LogP contribution in [0.1, 0.15) is 11.1 Å². The van der Waals surface area contributed by atoms with Crippen LogP contribution in [0.25, 0.3) is 11.4 Å². The fourth-order valence-electron chi connectivity index (χ4n) is 1.77. The van der Waals surface area contributed by atoms with Gasteiger partial charge in [0.1, 0.15) is 5.75 Å². The van der Waals surface area contributed by atoms with Gasteiger partial charge in [-0.15, -0.1) is 0 Å². The SMILES string of the molecule is CNCc1cnc(-c2ccc(C)cc2OC)nc1. The van der Waals surface area contributed by atoms with Crippen LogP contribution in [0.3, 0.4) is 0 Å². The van der Waals surface area contributed by atoms with Gasteiger partial charge < -0.3 is 10.1 Å². The predicted octanol–water partition coefficient (Wildman–Crippen LogP) is 2.18. The number of aromatic nitrogens is 2. The molecular weight excluding hydrogens is 226 g/mol. The van der Waals surface area contributed by atoms with Crippen LogP contribution in [0.15, 0.2) is 30.6 Å². The molecule has 0 bridgehead atoms. The third kappa shape index (κ3) is 2.65. The minimum absolute atomic E-state index is 0.687. The molecule has 0 atom stereocenters. The maximum Gasteiger partial charge on any atom is 0.162 e. The van der Waals surface area contributed by atoms with Crippen molar-refractivity contribution in [3.05, 3.63) is 41.7 Å². The van der Waals surface area contributed by atoms with E-state index in [4.69, 9.17) is 4.74 Å². The summed E-state index contributed by atoms with van der Waals surface area (Å²) in [6, 6.07) is 6.00. The quantitative estimate of drug-likeness (QED) is 0.894. The zero-order valence-corrected chi connectivity index (χ0v) is 10.9. The summed E-state index contributed by atoms with van der Waals surface area (Å²) in [5, 5.41) is 3.07. The van der Waals surface area contributed by atoms with E-state index in [9.17, 15) is 0 Å². The van der Waals surface area contributed by atoms with E-state index in [0.29, 0.717) is 5.82 Å². The first-order chi connectivity index (χ1) is 8.74. The van der Waals surface area contributed by atoms with Gasteiger partial charge in [0.15, 0.2) is 5.82 Å². The molecular formula is C14H17N3O. The second kappa shape index (κ2) is 5.60. The molecule has 0 saturated heterocycles. The molecule has 0 aliphatic rings. The molecule has 18 heavy (non-hydrogen) atoms. The molecule has 4 nitrogen and oxygen atoms in total. The number of benzene rings is 1. The normalized spacial score (nSPS) is 10.4. The molecule has 0 spiro atoms. The Kier molecular flexibility index (Phi) is 3.89. The minimum atomic E-state index is 0.687. The Morgan fingerprint density at radius 3 is 2.56 bits per heavy atom. The number of hydrogen-bond acceptors (Lipinski definition) is 4. The number of hydrogen-bond donors (Lipinski definition) is 1. The van der Waals surface area contributed by atoms with E-state index in [1.807, 2.05) is 44.6 Å². The average Bonchev–Trinajstić information content (AvgIpc) is 2.40. The van der Waals surface area contributed by atoms with E-state index in [1.165, 1.54) is 0 Å². The third-order valence-electron chi connectivity index (χ3n) is 2.68. The van der Waals surface area contributed by atoms with Gasteiger partial charge in [-0.05, 0) is 31.7 Å². The summed E-state index contributed by atoms with van der Waals surface area (Å²) in [4.78, 5) is 8.75. The zero-order chi connectivity index (χ0) is 13.0. The number of methoxy groups -OCH3 is 1. The molecule has 1 aromatic heterocycles. The maximum atomic E-state index is 5.37. The van der Waals surface area contributed by atoms with Crippen LogP contribution in [0.2, 0.25) is 0 Å². The first-order valence-electron chi connectivity index (χ1n) is 5.85. The summed E-state index contributed by atoms with van der Waals surface area (Å²) >= 11 is 0. The van der Waals surface area contributed by atoms with E-state index in [2.05, 4.69) is 15.3 Å². The summed E-state index contributed by atoms with van der Waals surface area (Å²) in [5.74, 6) is 1.49. The minimum Gasteiger partial charge on any atom is -0.496 e. The second-order valence-corrected chi connectivity index (χ2v) is 4.15. The van der Waals surface area contributed by atoms with Crippen molar-refractivity contribution in [2.24, 2.45) is 0 Å². The van der Waals surface area contributed by atoms with Gasteiger partial charge in [-0.25, -0.2) is 9.97 Å². The molecule has 0 amide bonds. The Labute approximate surface area is 107 Å². The topological polar surface area (TPSA) is 47.0 Å². The molecule has 1 N–H and O–H groups in total. The number of aryl methyl sites for hydroxylation is 1. The number of rotatable bonds is 4. The fourth-order valence-corrected chi connectivity index (χ4v) is 1.77. The molecule has 0 aliphatic heterocycles. The lowest BCUT2D eigenvalue weighted by atomic mass is 10.1. The number of nitrogens with zero attached hydrogens (tertiary/aromatic N) is 2. The van der Waals surface area contributed by atoms with Crippen molar-refractivity contribution in [3.63, 3.8) is 0 Å². The van der Waals surface area contributed by atoms with Crippen molar-refractivity contribution >= 4 is 0 Å². The van der Waals surface area contributed by atoms with Crippen LogP contribution in [0.4, 0.5) is 0 Å². The largest absolute Gasteiger partial charge is 0.496 e. The van der Waals surface area contributed by atoms with E-state index in [1.54, 1.807) is 7.11 Å². The van der Waals surface area contributed by atoms with Crippen LogP contribution in [-0.4, -0.2) is 24.1 Å². The van der Waals surface area contributed by atoms with Crippen LogP contribution >= 0.6 is 0 Å². The molecule has 2 rings (SSSR count). The first-order valence-corrected chi connectivity index (χ1v) is 5.85. The Hall–Kier alpha value is -1.94. The lowest BCUT2D eigenvalue weighted by Gasteiger charge is -2.08. The Balaban J connectivity index is 2.36. The van der Waals surface area contributed by atoms with Crippen LogP contribution in [-0.2, 0) is 6.54 Å². The van der Waals surface area contributed by atoms with E-state index < -0.39 is 0 Å². The van der Waals surface area contributed by atoms with Gasteiger partial charge in [0.25, 0.3) is 0 Å². The highest BCUT2D eigenvalue weighted by Crippen LogP contribution is 2.27. The Morgan fingerprint density at radius 2 is 1.94 bits per heavy atom. The van der Waals surface area contributed by atoms with Gasteiger partial charge in [0.05, 0.1) is 12.7 Å². The predicted molar refractivity (Wildman–Crippen MR) is 71.5 cm³/mol. The van der Waals surface area contributed by atoms with Crippen molar-refractivity contribution < 1.29 is 4.74 Å². The van der Waals surface area contributed by atoms with E-state index in [-0.39, 0.29) is 0 Å². The van der Waals surface area contributed by atoms with Gasteiger partial charge in [-0.3, -0.25) is 0 Å². The summed E-state index contributed by atoms with van der Waals surface area (Å²) in [7, 11) is 3.56. The van der Waals surface area contributed by atoms with E-state index >= 15 is 0 Å². The molecule has 0 fully saturated rings. The van der Waals surface area contributed by atoms with Crippen molar-refractivity contribution in [2.75, 3.05) is 14.2 Å². The van der Waals surface area contributed by atoms with Gasteiger partial charge >= 0.3 is 0 Å². The lowest BCUT2D eigenvalue weighted by molar-refractivity contribution is 0.416. The van der Waals surface area contributed by atoms with Crippen molar-refractivity contribution in [1.29, 1.82) is 0 Å². The summed E-state index contributed by atoms with van der Waals surface area (Å²) in [6.45, 7) is 2.80. The average molecular weight is 243 g/mol. The van der Waals surface area contributed by atoms with Crippen LogP contribution in [0.5, 0.6) is 5.75 Å². The van der Waals surface area contributed by atoms with Gasteiger partial charge in [-0.2, -0.15) is 0 Å².